The van der Waals surface area contributed by atoms with Crippen LogP contribution in [0.4, 0.5) is 0 Å². The van der Waals surface area contributed by atoms with Crippen LogP contribution in [0.15, 0.2) is 0 Å². The first-order valence-corrected chi connectivity index (χ1v) is 8.05. The Morgan fingerprint density at radius 2 is 1.35 bits per heavy atom. The number of halogens is 1. The molecule has 0 saturated heterocycles. The molecule has 0 bridgehead atoms. The molecule has 0 aromatic carbocycles. The highest BCUT2D eigenvalue weighted by Gasteiger charge is 1.95. The molecule has 0 radical (unpaired) electrons. The van der Waals surface area contributed by atoms with Crippen molar-refractivity contribution in [1.29, 1.82) is 0 Å². The van der Waals surface area contributed by atoms with E-state index in [4.69, 9.17) is 11.6 Å². The van der Waals surface area contributed by atoms with E-state index in [2.05, 4.69) is 19.2 Å². The average Bonchev–Trinajstić information content (AvgIpc) is 2.30. The van der Waals surface area contributed by atoms with Crippen LogP contribution in [0.25, 0.3) is 0 Å². The molecule has 0 aliphatic heterocycles. The first-order chi connectivity index (χ1) is 8.27. The third-order valence-electron chi connectivity index (χ3n) is 3.16. The van der Waals surface area contributed by atoms with Crippen LogP contribution < -0.4 is 5.32 Å². The molecule has 0 fully saturated rings. The lowest BCUT2D eigenvalue weighted by Crippen LogP contribution is -2.17. The topological polar surface area (TPSA) is 12.0 Å². The largest absolute Gasteiger partial charge is 0.317 e. The fourth-order valence-electron chi connectivity index (χ4n) is 2.02. The Balaban J connectivity index is 2.89. The number of hydrogen-bond donors (Lipinski definition) is 1. The van der Waals surface area contributed by atoms with Gasteiger partial charge in [-0.15, -0.1) is 11.6 Å². The van der Waals surface area contributed by atoms with Gasteiger partial charge >= 0.3 is 0 Å². The molecule has 0 aromatic rings. The second kappa shape index (κ2) is 14.3. The molecule has 0 aromatic heterocycles. The van der Waals surface area contributed by atoms with Gasteiger partial charge in [0.05, 0.1) is 0 Å². The van der Waals surface area contributed by atoms with Crippen molar-refractivity contribution >= 4 is 11.6 Å². The summed E-state index contributed by atoms with van der Waals surface area (Å²) in [5.74, 6) is 0. The third-order valence-corrected chi connectivity index (χ3v) is 3.38. The van der Waals surface area contributed by atoms with Crippen molar-refractivity contribution < 1.29 is 0 Å². The Kier molecular flexibility index (Phi) is 14.5. The van der Waals surface area contributed by atoms with Crippen LogP contribution in [-0.4, -0.2) is 18.5 Å². The zero-order valence-electron chi connectivity index (χ0n) is 11.9. The molecule has 17 heavy (non-hydrogen) atoms. The molecular weight excluding hydrogens is 230 g/mol. The monoisotopic (exact) mass is 261 g/mol. The average molecular weight is 262 g/mol. The van der Waals surface area contributed by atoms with Crippen LogP contribution in [0.5, 0.6) is 0 Å². The van der Waals surface area contributed by atoms with Crippen LogP contribution in [0, 0.1) is 0 Å². The van der Waals surface area contributed by atoms with E-state index >= 15 is 0 Å². The van der Waals surface area contributed by atoms with Crippen molar-refractivity contribution in [3.05, 3.63) is 0 Å². The highest BCUT2D eigenvalue weighted by atomic mass is 35.5. The van der Waals surface area contributed by atoms with Crippen LogP contribution in [0.3, 0.4) is 0 Å². The molecule has 0 aliphatic rings. The predicted octanol–water partition coefficient (Wildman–Crippen LogP) is 5.12. The summed E-state index contributed by atoms with van der Waals surface area (Å²) in [5.41, 5.74) is 0. The van der Waals surface area contributed by atoms with Crippen LogP contribution in [0.2, 0.25) is 0 Å². The lowest BCUT2D eigenvalue weighted by molar-refractivity contribution is 0.546. The van der Waals surface area contributed by atoms with Crippen molar-refractivity contribution in [2.45, 2.75) is 83.4 Å². The predicted molar refractivity (Wildman–Crippen MR) is 80.0 cm³/mol. The van der Waals surface area contributed by atoms with Crippen molar-refractivity contribution in [3.8, 4) is 0 Å². The fourth-order valence-corrected chi connectivity index (χ4v) is 2.17. The lowest BCUT2D eigenvalue weighted by atomic mass is 10.1. The van der Waals surface area contributed by atoms with Gasteiger partial charge in [-0.05, 0) is 39.3 Å². The minimum atomic E-state index is 0.333. The Labute approximate surface area is 114 Å². The van der Waals surface area contributed by atoms with Gasteiger partial charge in [0, 0.05) is 5.38 Å². The second-order valence-corrected chi connectivity index (χ2v) is 5.89. The van der Waals surface area contributed by atoms with Gasteiger partial charge in [-0.1, -0.05) is 51.9 Å². The smallest absolute Gasteiger partial charge is 0.0308 e. The summed E-state index contributed by atoms with van der Waals surface area (Å²) in [6, 6.07) is 0. The van der Waals surface area contributed by atoms with E-state index in [1.54, 1.807) is 0 Å². The molecule has 1 atom stereocenters. The summed E-state index contributed by atoms with van der Waals surface area (Å²) in [6.45, 7) is 6.66. The molecule has 1 nitrogen and oxygen atoms in total. The van der Waals surface area contributed by atoms with Gasteiger partial charge in [-0.2, -0.15) is 0 Å². The van der Waals surface area contributed by atoms with Gasteiger partial charge in [0.25, 0.3) is 0 Å². The summed E-state index contributed by atoms with van der Waals surface area (Å²) in [7, 11) is 0. The molecule has 104 valence electrons. The summed E-state index contributed by atoms with van der Waals surface area (Å²) >= 11 is 5.88. The van der Waals surface area contributed by atoms with E-state index in [-0.39, 0.29) is 0 Å². The van der Waals surface area contributed by atoms with Gasteiger partial charge in [0.15, 0.2) is 0 Å². The Morgan fingerprint density at radius 1 is 0.824 bits per heavy atom. The van der Waals surface area contributed by atoms with E-state index < -0.39 is 0 Å². The quantitative estimate of drug-likeness (QED) is 0.358. The number of nitrogens with one attached hydrogen (secondary N) is 1. The molecule has 1 N–H and O–H groups in total. The highest BCUT2D eigenvalue weighted by Crippen LogP contribution is 2.08. The Hall–Kier alpha value is 0.250. The number of alkyl halides is 1. The van der Waals surface area contributed by atoms with Crippen molar-refractivity contribution in [3.63, 3.8) is 0 Å². The van der Waals surface area contributed by atoms with Crippen LogP contribution in [-0.2, 0) is 0 Å². The molecule has 0 aliphatic carbocycles. The molecule has 0 spiro atoms. The summed E-state index contributed by atoms with van der Waals surface area (Å²) in [6.07, 6.45) is 13.6. The van der Waals surface area contributed by atoms with Crippen molar-refractivity contribution in [2.24, 2.45) is 0 Å². The molecule has 2 heteroatoms. The van der Waals surface area contributed by atoms with E-state index in [0.29, 0.717) is 5.38 Å². The standard InChI is InChI=1S/C15H32ClN/c1-3-4-5-6-7-8-9-10-13-17-14-11-12-15(2)16/h15,17H,3-14H2,1-2H3. The van der Waals surface area contributed by atoms with Crippen molar-refractivity contribution in [1.82, 2.24) is 5.32 Å². The summed E-state index contributed by atoms with van der Waals surface area (Å²) < 4.78 is 0. The minimum absolute atomic E-state index is 0.333. The maximum absolute atomic E-state index is 5.88. The van der Waals surface area contributed by atoms with Gasteiger partial charge in [-0.25, -0.2) is 0 Å². The zero-order chi connectivity index (χ0) is 12.8. The van der Waals surface area contributed by atoms with Crippen LogP contribution in [0.1, 0.15) is 78.1 Å². The molecule has 0 heterocycles. The third kappa shape index (κ3) is 16.2. The SMILES string of the molecule is CCCCCCCCCCNCCCC(C)Cl. The fraction of sp³-hybridized carbons (Fsp3) is 1.00. The van der Waals surface area contributed by atoms with E-state index in [1.165, 1.54) is 64.3 Å². The van der Waals surface area contributed by atoms with E-state index in [9.17, 15) is 0 Å². The summed E-state index contributed by atoms with van der Waals surface area (Å²) in [5, 5.41) is 3.83. The van der Waals surface area contributed by atoms with Crippen molar-refractivity contribution in [2.75, 3.05) is 13.1 Å². The highest BCUT2D eigenvalue weighted by molar-refractivity contribution is 6.20. The maximum atomic E-state index is 5.88. The molecule has 1 unspecified atom stereocenters. The first-order valence-electron chi connectivity index (χ1n) is 7.62. The summed E-state index contributed by atoms with van der Waals surface area (Å²) in [4.78, 5) is 0. The maximum Gasteiger partial charge on any atom is 0.0308 e. The van der Waals surface area contributed by atoms with Gasteiger partial charge in [0.2, 0.25) is 0 Å². The molecule has 0 saturated carbocycles. The van der Waals surface area contributed by atoms with Gasteiger partial charge < -0.3 is 5.32 Å². The second-order valence-electron chi connectivity index (χ2n) is 5.15. The number of hydrogen-bond acceptors (Lipinski definition) is 1. The Bertz CT molecular complexity index is 137. The van der Waals surface area contributed by atoms with E-state index in [0.717, 1.165) is 13.0 Å². The Morgan fingerprint density at radius 3 is 1.94 bits per heavy atom. The molecule has 0 amide bonds. The first kappa shape index (κ1) is 17.2. The zero-order valence-corrected chi connectivity index (χ0v) is 12.7. The normalized spacial score (nSPS) is 12.9. The van der Waals surface area contributed by atoms with Gasteiger partial charge in [-0.3, -0.25) is 0 Å². The molecular formula is C15H32ClN. The number of unbranched alkanes of at least 4 members (excludes halogenated alkanes) is 7. The van der Waals surface area contributed by atoms with E-state index in [1.807, 2.05) is 0 Å². The molecule has 0 rings (SSSR count). The van der Waals surface area contributed by atoms with Gasteiger partial charge in [0.1, 0.15) is 0 Å². The lowest BCUT2D eigenvalue weighted by Gasteiger charge is -2.05. The van der Waals surface area contributed by atoms with Crippen LogP contribution >= 0.6 is 11.6 Å². The minimum Gasteiger partial charge on any atom is -0.317 e. The number of rotatable bonds is 13.